The van der Waals surface area contributed by atoms with Crippen molar-refractivity contribution in [3.63, 3.8) is 0 Å². The van der Waals surface area contributed by atoms with E-state index in [2.05, 4.69) is 255 Å². The van der Waals surface area contributed by atoms with Crippen LogP contribution >= 0.6 is 0 Å². The Labute approximate surface area is 418 Å². The summed E-state index contributed by atoms with van der Waals surface area (Å²) in [4.78, 5) is 2.56. The second-order valence-corrected chi connectivity index (χ2v) is 24.7. The first-order chi connectivity index (χ1) is 33.8. The Balaban J connectivity index is 1.22. The lowest BCUT2D eigenvalue weighted by atomic mass is 9.47. The van der Waals surface area contributed by atoms with E-state index in [0.717, 1.165) is 33.7 Å². The smallest absolute Gasteiger partial charge is 0.376 e. The maximum atomic E-state index is 7.58. The van der Waals surface area contributed by atoms with Crippen LogP contribution in [0, 0.1) is 0 Å². The molecular formula is C66H62BN3O. The second-order valence-electron chi connectivity index (χ2n) is 24.7. The number of nitrogens with zero attached hydrogens (tertiary/aromatic N) is 3. The standard InChI is InChI=1S/C66H62BN3O/c1-63(2,3)41-25-22-39(23-26-41)40-24-33-56-53(34-40)61-62(71-56)67-57-50(35-44(66(10,11)12)38-55(57)69(61)46-29-27-42(28-30-46)64(4,5)6)52-37-43(65(7,8)9)36-51-49-32-31-48-47-20-16-17-21-54(47)68(45-18-14-13-15-19-45)59(48)60(49)70(67)58(51)52/h13-38H,1-12H3. The van der Waals surface area contributed by atoms with Crippen molar-refractivity contribution < 1.29 is 4.42 Å². The van der Waals surface area contributed by atoms with Gasteiger partial charge in [-0.25, -0.2) is 0 Å². The molecule has 0 saturated carbocycles. The molecule has 0 atom stereocenters. The molecule has 0 fully saturated rings. The van der Waals surface area contributed by atoms with Crippen molar-refractivity contribution in [1.82, 2.24) is 9.05 Å². The normalized spacial score (nSPS) is 13.9. The summed E-state index contributed by atoms with van der Waals surface area (Å²) in [6.07, 6.45) is 0. The summed E-state index contributed by atoms with van der Waals surface area (Å²) >= 11 is 0. The van der Waals surface area contributed by atoms with E-state index in [0.29, 0.717) is 0 Å². The number of hydrogen-bond acceptors (Lipinski definition) is 2. The van der Waals surface area contributed by atoms with Crippen LogP contribution in [-0.4, -0.2) is 15.9 Å². The number of benzene rings is 8. The third kappa shape index (κ3) is 6.44. The lowest BCUT2D eigenvalue weighted by molar-refractivity contribution is 0.589. The monoisotopic (exact) mass is 923 g/mol. The van der Waals surface area contributed by atoms with E-state index < -0.39 is 0 Å². The molecule has 0 unspecified atom stereocenters. The molecule has 5 heterocycles. The maximum absolute atomic E-state index is 7.58. The van der Waals surface area contributed by atoms with Crippen molar-refractivity contribution >= 4 is 89.6 Å². The third-order valence-electron chi connectivity index (χ3n) is 15.9. The highest BCUT2D eigenvalue weighted by Crippen LogP contribution is 2.52. The molecule has 0 bridgehead atoms. The summed E-state index contributed by atoms with van der Waals surface area (Å²) in [7, 11) is 0. The molecule has 5 heteroatoms. The molecule has 2 aliphatic rings. The summed E-state index contributed by atoms with van der Waals surface area (Å²) in [6.45, 7) is 27.6. The first kappa shape index (κ1) is 43.8. The SMILES string of the molecule is CC(C)(C)c1ccc(-c2ccc3oc4c(c3c2)N(c2ccc(C(C)(C)C)cc2)c2cc(C(C)(C)C)cc3c2B4n2c4c-3cc(C(C)(C)C)cc4c3ccc4c5ccccc5n(-c5ccccc5)c4c32)cc1. The minimum atomic E-state index is -0.281. The Hall–Kier alpha value is -7.24. The molecule has 4 nitrogen and oxygen atoms in total. The summed E-state index contributed by atoms with van der Waals surface area (Å²) < 4.78 is 12.8. The van der Waals surface area contributed by atoms with Gasteiger partial charge in [0.15, 0.2) is 0 Å². The van der Waals surface area contributed by atoms with Gasteiger partial charge in [0.1, 0.15) is 11.2 Å². The van der Waals surface area contributed by atoms with Crippen LogP contribution in [0.3, 0.4) is 0 Å². The molecule has 0 aliphatic carbocycles. The van der Waals surface area contributed by atoms with Gasteiger partial charge in [0.2, 0.25) is 0 Å². The molecule has 11 aromatic rings. The Bertz CT molecular complexity index is 4000. The van der Waals surface area contributed by atoms with Gasteiger partial charge in [-0.1, -0.05) is 180 Å². The van der Waals surface area contributed by atoms with Crippen LogP contribution < -0.4 is 16.0 Å². The van der Waals surface area contributed by atoms with Crippen LogP contribution in [0.5, 0.6) is 0 Å². The Kier molecular flexibility index (Phi) is 9.04. The topological polar surface area (TPSA) is 26.2 Å². The zero-order chi connectivity index (χ0) is 49.3. The lowest BCUT2D eigenvalue weighted by Crippen LogP contribution is -2.56. The minimum Gasteiger partial charge on any atom is -0.466 e. The van der Waals surface area contributed by atoms with Gasteiger partial charge in [0, 0.05) is 55.1 Å². The Morgan fingerprint density at radius 3 is 1.65 bits per heavy atom. The fourth-order valence-corrected chi connectivity index (χ4v) is 12.0. The molecular weight excluding hydrogens is 862 g/mol. The van der Waals surface area contributed by atoms with Gasteiger partial charge in [-0.05, 0) is 127 Å². The van der Waals surface area contributed by atoms with Gasteiger partial charge in [-0.15, -0.1) is 0 Å². The van der Waals surface area contributed by atoms with Crippen molar-refractivity contribution in [3.05, 3.63) is 180 Å². The van der Waals surface area contributed by atoms with E-state index in [1.54, 1.807) is 0 Å². The zero-order valence-electron chi connectivity index (χ0n) is 43.3. The highest BCUT2D eigenvalue weighted by Gasteiger charge is 2.48. The van der Waals surface area contributed by atoms with Crippen LogP contribution in [0.15, 0.2) is 162 Å². The van der Waals surface area contributed by atoms with Crippen molar-refractivity contribution in [2.75, 3.05) is 4.90 Å². The second kappa shape index (κ2) is 14.7. The summed E-state index contributed by atoms with van der Waals surface area (Å²) in [6, 6.07) is 60.1. The summed E-state index contributed by atoms with van der Waals surface area (Å²) in [5.74, 6) is 0. The number of rotatable bonds is 3. The van der Waals surface area contributed by atoms with E-state index in [4.69, 9.17) is 4.42 Å². The lowest BCUT2D eigenvalue weighted by Gasteiger charge is -2.40. The van der Waals surface area contributed by atoms with Gasteiger partial charge in [0.05, 0.1) is 22.2 Å². The predicted octanol–water partition coefficient (Wildman–Crippen LogP) is 16.9. The fourth-order valence-electron chi connectivity index (χ4n) is 12.0. The van der Waals surface area contributed by atoms with E-state index in [1.165, 1.54) is 99.3 Å². The van der Waals surface area contributed by atoms with Crippen LogP contribution in [0.2, 0.25) is 0 Å². The molecule has 350 valence electrons. The predicted molar refractivity (Wildman–Crippen MR) is 304 cm³/mol. The molecule has 13 rings (SSSR count). The van der Waals surface area contributed by atoms with Crippen LogP contribution in [0.4, 0.5) is 17.1 Å². The van der Waals surface area contributed by atoms with Gasteiger partial charge in [-0.3, -0.25) is 0 Å². The minimum absolute atomic E-state index is 0.00461. The molecule has 2 aliphatic heterocycles. The number of hydrogen-bond donors (Lipinski definition) is 0. The first-order valence-electron chi connectivity index (χ1n) is 25.6. The Morgan fingerprint density at radius 1 is 0.408 bits per heavy atom. The number of aromatic nitrogens is 2. The first-order valence-corrected chi connectivity index (χ1v) is 25.6. The molecule has 3 aromatic heterocycles. The summed E-state index contributed by atoms with van der Waals surface area (Å²) in [5.41, 5.74) is 22.6. The van der Waals surface area contributed by atoms with Crippen molar-refractivity contribution in [3.8, 4) is 27.9 Å². The average Bonchev–Trinajstić information content (AvgIpc) is 4.00. The van der Waals surface area contributed by atoms with E-state index in [9.17, 15) is 0 Å². The van der Waals surface area contributed by atoms with Gasteiger partial charge >= 0.3 is 6.85 Å². The summed E-state index contributed by atoms with van der Waals surface area (Å²) in [5, 5.41) is 6.13. The molecule has 0 amide bonds. The largest absolute Gasteiger partial charge is 0.466 e. The van der Waals surface area contributed by atoms with Crippen molar-refractivity contribution in [2.45, 2.75) is 105 Å². The van der Waals surface area contributed by atoms with Gasteiger partial charge in [-0.2, -0.15) is 0 Å². The fraction of sp³-hybridized carbons (Fsp3) is 0.242. The molecule has 0 spiro atoms. The maximum Gasteiger partial charge on any atom is 0.376 e. The third-order valence-corrected chi connectivity index (χ3v) is 15.9. The van der Waals surface area contributed by atoms with Crippen molar-refractivity contribution in [1.29, 1.82) is 0 Å². The highest BCUT2D eigenvalue weighted by atomic mass is 16.3. The van der Waals surface area contributed by atoms with E-state index in [-0.39, 0.29) is 28.5 Å². The van der Waals surface area contributed by atoms with E-state index >= 15 is 0 Å². The van der Waals surface area contributed by atoms with E-state index in [1.807, 2.05) is 0 Å². The number of para-hydroxylation sites is 2. The Morgan fingerprint density at radius 2 is 0.986 bits per heavy atom. The average molecular weight is 924 g/mol. The van der Waals surface area contributed by atoms with Crippen molar-refractivity contribution in [2.24, 2.45) is 0 Å². The molecule has 0 saturated heterocycles. The molecule has 71 heavy (non-hydrogen) atoms. The van der Waals surface area contributed by atoms with Gasteiger partial charge < -0.3 is 18.4 Å². The molecule has 0 N–H and O–H groups in total. The highest BCUT2D eigenvalue weighted by molar-refractivity contribution is 6.89. The van der Waals surface area contributed by atoms with Crippen LogP contribution in [0.25, 0.3) is 82.5 Å². The number of anilines is 3. The molecule has 0 radical (unpaired) electrons. The van der Waals surface area contributed by atoms with Crippen LogP contribution in [0.1, 0.15) is 105 Å². The number of furan rings is 1. The van der Waals surface area contributed by atoms with Crippen LogP contribution in [-0.2, 0) is 21.7 Å². The molecule has 8 aromatic carbocycles. The zero-order valence-corrected chi connectivity index (χ0v) is 43.3. The quantitative estimate of drug-likeness (QED) is 0.165. The van der Waals surface area contributed by atoms with Gasteiger partial charge in [0.25, 0.3) is 0 Å². The number of fused-ring (bicyclic) bond motifs is 13.